The summed E-state index contributed by atoms with van der Waals surface area (Å²) in [4.78, 5) is 18.1. The molecule has 0 aliphatic heterocycles. The Morgan fingerprint density at radius 2 is 1.83 bits per heavy atom. The molecule has 0 bridgehead atoms. The average molecular weight is 398 g/mol. The Morgan fingerprint density at radius 3 is 2.69 bits per heavy atom. The lowest BCUT2D eigenvalue weighted by molar-refractivity contribution is -0.115. The zero-order valence-corrected chi connectivity index (χ0v) is 16.8. The van der Waals surface area contributed by atoms with Crippen molar-refractivity contribution in [3.8, 4) is 6.07 Å². The van der Waals surface area contributed by atoms with Crippen molar-refractivity contribution in [3.63, 3.8) is 0 Å². The van der Waals surface area contributed by atoms with E-state index in [2.05, 4.69) is 41.7 Å². The molecule has 0 aliphatic carbocycles. The summed E-state index contributed by atoms with van der Waals surface area (Å²) in [5.41, 5.74) is 3.11. The van der Waals surface area contributed by atoms with E-state index in [-0.39, 0.29) is 12.3 Å². The number of anilines is 1. The lowest BCUT2D eigenvalue weighted by atomic mass is 10.0. The molecule has 3 aromatic carbocycles. The maximum atomic E-state index is 12.5. The van der Waals surface area contributed by atoms with Crippen LogP contribution in [0.5, 0.6) is 0 Å². The molecular formula is C24H19N3OS. The van der Waals surface area contributed by atoms with Crippen LogP contribution in [0.2, 0.25) is 0 Å². The van der Waals surface area contributed by atoms with E-state index in [0.29, 0.717) is 11.3 Å². The van der Waals surface area contributed by atoms with E-state index in [9.17, 15) is 10.1 Å². The van der Waals surface area contributed by atoms with Gasteiger partial charge in [-0.2, -0.15) is 5.26 Å². The van der Waals surface area contributed by atoms with Gasteiger partial charge in [0.15, 0.2) is 0 Å². The first kappa shape index (κ1) is 18.9. The van der Waals surface area contributed by atoms with E-state index in [0.717, 1.165) is 22.0 Å². The molecule has 0 saturated heterocycles. The molecule has 4 rings (SSSR count). The van der Waals surface area contributed by atoms with E-state index in [1.807, 2.05) is 19.1 Å². The number of amides is 1. The first-order valence-electron chi connectivity index (χ1n) is 9.35. The van der Waals surface area contributed by atoms with Crippen molar-refractivity contribution in [3.05, 3.63) is 93.4 Å². The van der Waals surface area contributed by atoms with Crippen LogP contribution >= 0.6 is 11.3 Å². The van der Waals surface area contributed by atoms with Crippen molar-refractivity contribution in [2.45, 2.75) is 19.8 Å². The van der Waals surface area contributed by atoms with Crippen LogP contribution < -0.4 is 5.32 Å². The van der Waals surface area contributed by atoms with Crippen molar-refractivity contribution >= 4 is 33.7 Å². The monoisotopic (exact) mass is 397 g/mol. The third-order valence-corrected chi connectivity index (χ3v) is 5.96. The predicted molar refractivity (Wildman–Crippen MR) is 117 cm³/mol. The van der Waals surface area contributed by atoms with Crippen LogP contribution in [-0.2, 0) is 17.6 Å². The van der Waals surface area contributed by atoms with Crippen molar-refractivity contribution in [1.82, 2.24) is 4.98 Å². The highest BCUT2D eigenvalue weighted by atomic mass is 32.1. The van der Waals surface area contributed by atoms with Crippen LogP contribution in [0.25, 0.3) is 10.8 Å². The Balaban J connectivity index is 1.51. The van der Waals surface area contributed by atoms with E-state index in [1.165, 1.54) is 16.3 Å². The lowest BCUT2D eigenvalue weighted by Gasteiger charge is -2.06. The van der Waals surface area contributed by atoms with Gasteiger partial charge in [-0.15, -0.1) is 11.3 Å². The number of nitrogens with one attached hydrogen (secondary N) is 1. The summed E-state index contributed by atoms with van der Waals surface area (Å²) < 4.78 is 0. The molecule has 4 nitrogen and oxygen atoms in total. The maximum absolute atomic E-state index is 12.5. The van der Waals surface area contributed by atoms with Gasteiger partial charge in [0.25, 0.3) is 0 Å². The van der Waals surface area contributed by atoms with E-state index >= 15 is 0 Å². The molecular weight excluding hydrogens is 378 g/mol. The molecule has 1 N–H and O–H groups in total. The van der Waals surface area contributed by atoms with E-state index in [4.69, 9.17) is 4.98 Å². The highest BCUT2D eigenvalue weighted by molar-refractivity contribution is 7.11. The number of nitriles is 1. The topological polar surface area (TPSA) is 65.8 Å². The largest absolute Gasteiger partial charge is 0.325 e. The summed E-state index contributed by atoms with van der Waals surface area (Å²) in [5.74, 6) is -0.142. The number of thiazole rings is 1. The molecule has 0 spiro atoms. The third kappa shape index (κ3) is 4.18. The summed E-state index contributed by atoms with van der Waals surface area (Å²) in [7, 11) is 0. The van der Waals surface area contributed by atoms with Gasteiger partial charge in [-0.1, -0.05) is 54.6 Å². The fraction of sp³-hybridized carbons (Fsp3) is 0.125. The molecule has 0 unspecified atom stereocenters. The van der Waals surface area contributed by atoms with Crippen LogP contribution in [-0.4, -0.2) is 10.9 Å². The number of para-hydroxylation sites is 1. The Bertz CT molecular complexity index is 1230. The normalized spacial score (nSPS) is 10.6. The molecule has 0 atom stereocenters. The SMILES string of the molecule is Cc1nc(Cc2cccc3ccccc23)sc1CC(=O)Nc1ccccc1C#N. The Kier molecular flexibility index (Phi) is 5.37. The number of aryl methyl sites for hydroxylation is 1. The van der Waals surface area contributed by atoms with Gasteiger partial charge in [-0.3, -0.25) is 4.79 Å². The van der Waals surface area contributed by atoms with Crippen LogP contribution in [0.1, 0.15) is 26.7 Å². The average Bonchev–Trinajstić information content (AvgIpc) is 3.07. The fourth-order valence-electron chi connectivity index (χ4n) is 3.37. The van der Waals surface area contributed by atoms with Gasteiger partial charge in [0.1, 0.15) is 6.07 Å². The van der Waals surface area contributed by atoms with Gasteiger partial charge in [0, 0.05) is 11.3 Å². The van der Waals surface area contributed by atoms with Gasteiger partial charge in [0.05, 0.1) is 28.4 Å². The molecule has 0 aliphatic rings. The number of carbonyl (C=O) groups excluding carboxylic acids is 1. The highest BCUT2D eigenvalue weighted by Crippen LogP contribution is 2.26. The molecule has 1 amide bonds. The lowest BCUT2D eigenvalue weighted by Crippen LogP contribution is -2.15. The van der Waals surface area contributed by atoms with Crippen LogP contribution in [0, 0.1) is 18.3 Å². The van der Waals surface area contributed by atoms with E-state index in [1.54, 1.807) is 35.6 Å². The van der Waals surface area contributed by atoms with Crippen molar-refractivity contribution in [2.75, 3.05) is 5.32 Å². The highest BCUT2D eigenvalue weighted by Gasteiger charge is 2.14. The number of fused-ring (bicyclic) bond motifs is 1. The number of hydrogen-bond donors (Lipinski definition) is 1. The number of rotatable bonds is 5. The van der Waals surface area contributed by atoms with Gasteiger partial charge < -0.3 is 5.32 Å². The standard InChI is InChI=1S/C24H19N3OS/c1-16-22(14-23(28)27-21-12-5-3-8-19(21)15-25)29-24(26-16)13-18-10-6-9-17-7-2-4-11-20(17)18/h2-12H,13-14H2,1H3,(H,27,28). The number of hydrogen-bond acceptors (Lipinski definition) is 4. The van der Waals surface area contributed by atoms with Crippen molar-refractivity contribution in [2.24, 2.45) is 0 Å². The molecule has 142 valence electrons. The minimum atomic E-state index is -0.142. The molecule has 5 heteroatoms. The van der Waals surface area contributed by atoms with Crippen molar-refractivity contribution in [1.29, 1.82) is 5.26 Å². The fourth-order valence-corrected chi connectivity index (χ4v) is 4.46. The van der Waals surface area contributed by atoms with E-state index < -0.39 is 0 Å². The van der Waals surface area contributed by atoms with Gasteiger partial charge in [-0.25, -0.2) is 4.98 Å². The molecule has 4 aromatic rings. The molecule has 0 radical (unpaired) electrons. The van der Waals surface area contributed by atoms with Gasteiger partial charge >= 0.3 is 0 Å². The van der Waals surface area contributed by atoms with Crippen molar-refractivity contribution < 1.29 is 4.79 Å². The molecule has 29 heavy (non-hydrogen) atoms. The molecule has 1 aromatic heterocycles. The first-order chi connectivity index (χ1) is 14.1. The smallest absolute Gasteiger partial charge is 0.229 e. The number of benzene rings is 3. The summed E-state index contributed by atoms with van der Waals surface area (Å²) in [6.45, 7) is 1.94. The Hall–Kier alpha value is -3.49. The second-order valence-corrected chi connectivity index (χ2v) is 7.98. The minimum Gasteiger partial charge on any atom is -0.325 e. The quantitative estimate of drug-likeness (QED) is 0.500. The van der Waals surface area contributed by atoms with Crippen LogP contribution in [0.4, 0.5) is 5.69 Å². The summed E-state index contributed by atoms with van der Waals surface area (Å²) >= 11 is 1.57. The zero-order chi connectivity index (χ0) is 20.2. The van der Waals surface area contributed by atoms with Gasteiger partial charge in [0.2, 0.25) is 5.91 Å². The van der Waals surface area contributed by atoms with Gasteiger partial charge in [-0.05, 0) is 35.4 Å². The second-order valence-electron chi connectivity index (χ2n) is 6.81. The summed E-state index contributed by atoms with van der Waals surface area (Å²) in [6, 6.07) is 23.8. The maximum Gasteiger partial charge on any atom is 0.229 e. The molecule has 1 heterocycles. The number of aromatic nitrogens is 1. The van der Waals surface area contributed by atoms with Crippen LogP contribution in [0.15, 0.2) is 66.7 Å². The predicted octanol–water partition coefficient (Wildman–Crippen LogP) is 5.25. The number of carbonyl (C=O) groups is 1. The minimum absolute atomic E-state index is 0.142. The summed E-state index contributed by atoms with van der Waals surface area (Å²) in [5, 5.41) is 15.5. The molecule has 0 saturated carbocycles. The molecule has 0 fully saturated rings. The Morgan fingerprint density at radius 1 is 1.07 bits per heavy atom. The number of nitrogens with zero attached hydrogens (tertiary/aromatic N) is 2. The first-order valence-corrected chi connectivity index (χ1v) is 10.2. The van der Waals surface area contributed by atoms with Crippen LogP contribution in [0.3, 0.4) is 0 Å². The second kappa shape index (κ2) is 8.26. The zero-order valence-electron chi connectivity index (χ0n) is 16.0. The Labute approximate surface area is 173 Å². The summed E-state index contributed by atoms with van der Waals surface area (Å²) in [6.07, 6.45) is 0.991. The third-order valence-electron chi connectivity index (χ3n) is 4.80.